The first-order valence-electron chi connectivity index (χ1n) is 6.58. The Bertz CT molecular complexity index is 545. The van der Waals surface area contributed by atoms with Gasteiger partial charge in [0.2, 0.25) is 5.91 Å². The summed E-state index contributed by atoms with van der Waals surface area (Å²) in [5.74, 6) is -0.954. The van der Waals surface area contributed by atoms with Crippen LogP contribution in [-0.2, 0) is 6.42 Å². The van der Waals surface area contributed by atoms with Crippen LogP contribution in [0.25, 0.3) is 0 Å². The number of amides is 1. The molecule has 0 bridgehead atoms. The summed E-state index contributed by atoms with van der Waals surface area (Å²) in [6.07, 6.45) is 4.42. The van der Waals surface area contributed by atoms with Crippen molar-refractivity contribution in [2.24, 2.45) is 11.7 Å². The third-order valence-electron chi connectivity index (χ3n) is 4.25. The zero-order chi connectivity index (χ0) is 14.2. The van der Waals surface area contributed by atoms with Crippen LogP contribution >= 0.6 is 0 Å². The Balaban J connectivity index is 2.53. The number of carbonyl (C=O) groups is 2. The molecule has 2 rings (SSSR count). The van der Waals surface area contributed by atoms with Gasteiger partial charge >= 0.3 is 5.97 Å². The minimum atomic E-state index is -1.02. The first kappa shape index (κ1) is 13.6. The number of nitrogens with two attached hydrogens (primary N) is 1. The zero-order valence-electron chi connectivity index (χ0n) is 11.3. The normalized spacial score (nSPS) is 15.1. The molecule has 102 valence electrons. The molecule has 0 saturated heterocycles. The molecule has 1 fully saturated rings. The van der Waals surface area contributed by atoms with Crippen LogP contribution in [0.3, 0.4) is 0 Å². The number of rotatable bonds is 4. The van der Waals surface area contributed by atoms with E-state index >= 15 is 0 Å². The molecular formula is C15H19NO3. The predicted octanol–water partition coefficient (Wildman–Crippen LogP) is 2.44. The first-order chi connectivity index (χ1) is 8.91. The minimum absolute atomic E-state index is 0.170. The number of carboxylic acids is 1. The van der Waals surface area contributed by atoms with Crippen molar-refractivity contribution < 1.29 is 14.7 Å². The van der Waals surface area contributed by atoms with Gasteiger partial charge in [0.25, 0.3) is 0 Å². The van der Waals surface area contributed by atoms with Crippen LogP contribution in [0.4, 0.5) is 0 Å². The smallest absolute Gasteiger partial charge is 0.335 e. The molecule has 3 N–H and O–H groups in total. The van der Waals surface area contributed by atoms with Gasteiger partial charge in [-0.2, -0.15) is 0 Å². The van der Waals surface area contributed by atoms with E-state index in [1.807, 2.05) is 6.92 Å². The lowest BCUT2D eigenvalue weighted by Crippen LogP contribution is -2.21. The van der Waals surface area contributed by atoms with Crippen molar-refractivity contribution in [1.82, 2.24) is 0 Å². The van der Waals surface area contributed by atoms with E-state index in [0.29, 0.717) is 11.5 Å². The molecule has 4 nitrogen and oxygen atoms in total. The summed E-state index contributed by atoms with van der Waals surface area (Å²) in [5.41, 5.74) is 8.49. The Kier molecular flexibility index (Phi) is 3.60. The lowest BCUT2D eigenvalue weighted by atomic mass is 9.78. The van der Waals surface area contributed by atoms with Crippen molar-refractivity contribution in [1.29, 1.82) is 0 Å². The van der Waals surface area contributed by atoms with Gasteiger partial charge in [-0.05, 0) is 48.9 Å². The largest absolute Gasteiger partial charge is 0.478 e. The molecule has 0 aliphatic heterocycles. The maximum atomic E-state index is 11.6. The van der Waals surface area contributed by atoms with Gasteiger partial charge in [0.05, 0.1) is 5.56 Å². The molecule has 0 aromatic heterocycles. The monoisotopic (exact) mass is 261 g/mol. The average molecular weight is 261 g/mol. The van der Waals surface area contributed by atoms with E-state index in [1.54, 1.807) is 6.92 Å². The molecule has 1 saturated carbocycles. The van der Waals surface area contributed by atoms with E-state index in [4.69, 9.17) is 5.73 Å². The fourth-order valence-corrected chi connectivity index (χ4v) is 2.66. The third-order valence-corrected chi connectivity index (χ3v) is 4.25. The maximum Gasteiger partial charge on any atom is 0.335 e. The highest BCUT2D eigenvalue weighted by atomic mass is 16.4. The fraction of sp³-hybridized carbons (Fsp3) is 0.467. The van der Waals surface area contributed by atoms with Crippen LogP contribution in [0.1, 0.15) is 56.7 Å². The highest BCUT2D eigenvalue weighted by molar-refractivity contribution is 5.99. The first-order valence-corrected chi connectivity index (χ1v) is 6.58. The van der Waals surface area contributed by atoms with Crippen molar-refractivity contribution in [2.45, 2.75) is 39.5 Å². The highest BCUT2D eigenvalue weighted by Gasteiger charge is 2.24. The second-order valence-electron chi connectivity index (χ2n) is 5.37. The van der Waals surface area contributed by atoms with E-state index in [0.717, 1.165) is 23.1 Å². The number of hydrogen-bond acceptors (Lipinski definition) is 2. The fourth-order valence-electron chi connectivity index (χ4n) is 2.66. The van der Waals surface area contributed by atoms with Crippen LogP contribution in [0.5, 0.6) is 0 Å². The number of hydrogen-bond donors (Lipinski definition) is 2. The number of primary amides is 1. The Hall–Kier alpha value is -1.84. The molecule has 1 aliphatic carbocycles. The topological polar surface area (TPSA) is 80.4 Å². The van der Waals surface area contributed by atoms with Gasteiger partial charge in [-0.15, -0.1) is 0 Å². The second-order valence-corrected chi connectivity index (χ2v) is 5.37. The van der Waals surface area contributed by atoms with Crippen molar-refractivity contribution >= 4 is 11.9 Å². The molecule has 0 heterocycles. The van der Waals surface area contributed by atoms with Crippen LogP contribution in [-0.4, -0.2) is 17.0 Å². The molecule has 1 aromatic rings. The molecule has 4 heteroatoms. The average Bonchev–Trinajstić information content (AvgIpc) is 2.27. The standard InChI is InChI=1S/C15H19NO3/c1-8-9(2)12(15(18)19)7-13(14(16)17)11(8)6-10-4-3-5-10/h7,10H,3-6H2,1-2H3,(H2,16,17)(H,18,19). The molecular weight excluding hydrogens is 242 g/mol. The second kappa shape index (κ2) is 5.03. The van der Waals surface area contributed by atoms with E-state index in [9.17, 15) is 14.7 Å². The summed E-state index contributed by atoms with van der Waals surface area (Å²) in [5, 5.41) is 9.17. The van der Waals surface area contributed by atoms with Gasteiger partial charge in [0.1, 0.15) is 0 Å². The lowest BCUT2D eigenvalue weighted by Gasteiger charge is -2.27. The molecule has 19 heavy (non-hydrogen) atoms. The third kappa shape index (κ3) is 2.48. The molecule has 1 amide bonds. The van der Waals surface area contributed by atoms with Gasteiger partial charge < -0.3 is 10.8 Å². The van der Waals surface area contributed by atoms with E-state index < -0.39 is 11.9 Å². The maximum absolute atomic E-state index is 11.6. The summed E-state index contributed by atoms with van der Waals surface area (Å²) in [4.78, 5) is 22.8. The number of carboxylic acid groups (broad SMARTS) is 1. The summed E-state index contributed by atoms with van der Waals surface area (Å²) < 4.78 is 0. The Morgan fingerprint density at radius 2 is 1.89 bits per heavy atom. The Labute approximate surface area is 112 Å². The van der Waals surface area contributed by atoms with Crippen molar-refractivity contribution in [3.63, 3.8) is 0 Å². The van der Waals surface area contributed by atoms with E-state index in [1.165, 1.54) is 25.3 Å². The molecule has 0 radical (unpaired) electrons. The van der Waals surface area contributed by atoms with Crippen molar-refractivity contribution in [3.05, 3.63) is 33.9 Å². The SMILES string of the molecule is Cc1c(C(=O)O)cc(C(N)=O)c(CC2CCC2)c1C. The van der Waals surface area contributed by atoms with Crippen LogP contribution < -0.4 is 5.73 Å². The van der Waals surface area contributed by atoms with Crippen LogP contribution in [0.15, 0.2) is 6.07 Å². The summed E-state index contributed by atoms with van der Waals surface area (Å²) in [6.45, 7) is 3.66. The zero-order valence-corrected chi connectivity index (χ0v) is 11.3. The van der Waals surface area contributed by atoms with Crippen LogP contribution in [0, 0.1) is 19.8 Å². The van der Waals surface area contributed by atoms with Crippen molar-refractivity contribution in [2.75, 3.05) is 0 Å². The van der Waals surface area contributed by atoms with E-state index in [2.05, 4.69) is 0 Å². The van der Waals surface area contributed by atoms with Gasteiger partial charge in [0.15, 0.2) is 0 Å². The number of benzene rings is 1. The number of carbonyl (C=O) groups excluding carboxylic acids is 1. The Morgan fingerprint density at radius 1 is 1.26 bits per heavy atom. The van der Waals surface area contributed by atoms with Gasteiger partial charge in [-0.25, -0.2) is 4.79 Å². The summed E-state index contributed by atoms with van der Waals surface area (Å²) in [6, 6.07) is 1.43. The Morgan fingerprint density at radius 3 is 2.32 bits per heavy atom. The lowest BCUT2D eigenvalue weighted by molar-refractivity contribution is 0.0696. The minimum Gasteiger partial charge on any atom is -0.478 e. The van der Waals surface area contributed by atoms with Gasteiger partial charge in [-0.1, -0.05) is 19.3 Å². The molecule has 0 spiro atoms. The molecule has 1 aliphatic rings. The van der Waals surface area contributed by atoms with Gasteiger partial charge in [-0.3, -0.25) is 4.79 Å². The highest BCUT2D eigenvalue weighted by Crippen LogP contribution is 2.33. The molecule has 1 aromatic carbocycles. The van der Waals surface area contributed by atoms with Gasteiger partial charge in [0, 0.05) is 5.56 Å². The summed E-state index contributed by atoms with van der Waals surface area (Å²) >= 11 is 0. The molecule has 0 atom stereocenters. The quantitative estimate of drug-likeness (QED) is 0.873. The number of aromatic carboxylic acids is 1. The summed E-state index contributed by atoms with van der Waals surface area (Å²) in [7, 11) is 0. The van der Waals surface area contributed by atoms with E-state index in [-0.39, 0.29) is 5.56 Å². The predicted molar refractivity (Wildman–Crippen MR) is 72.4 cm³/mol. The molecule has 0 unspecified atom stereocenters. The van der Waals surface area contributed by atoms with Crippen LogP contribution in [0.2, 0.25) is 0 Å². The van der Waals surface area contributed by atoms with Crippen molar-refractivity contribution in [3.8, 4) is 0 Å².